The Kier molecular flexibility index (Phi) is 10.7. The summed E-state index contributed by atoms with van der Waals surface area (Å²) in [6.07, 6.45) is 9.85. The van der Waals surface area contributed by atoms with E-state index in [1.165, 1.54) is 0 Å². The monoisotopic (exact) mass is 474 g/mol. The van der Waals surface area contributed by atoms with Crippen LogP contribution in [0.5, 0.6) is 11.5 Å². The maximum absolute atomic E-state index is 14.1. The van der Waals surface area contributed by atoms with Crippen LogP contribution in [0, 0.1) is 0 Å². The molecule has 0 aliphatic rings. The Morgan fingerprint density at radius 1 is 0.545 bits per heavy atom. The fraction of sp³-hybridized carbons (Fsp3) is 0.571. The van der Waals surface area contributed by atoms with Crippen molar-refractivity contribution in [2.45, 2.75) is 115 Å². The molecule has 2 rings (SSSR count). The normalized spacial score (nSPS) is 11.8. The highest BCUT2D eigenvalue weighted by molar-refractivity contribution is 7.91. The molecule has 0 bridgehead atoms. The van der Waals surface area contributed by atoms with Crippen LogP contribution >= 0.6 is 0 Å². The summed E-state index contributed by atoms with van der Waals surface area (Å²) >= 11 is 0. The van der Waals surface area contributed by atoms with Gasteiger partial charge in [0, 0.05) is 0 Å². The highest BCUT2D eigenvalue weighted by atomic mass is 32.2. The van der Waals surface area contributed by atoms with E-state index in [0.29, 0.717) is 57.7 Å². The maximum Gasteiger partial charge on any atom is 0.207 e. The second-order valence-corrected chi connectivity index (χ2v) is 11.0. The number of rotatable bonds is 14. The lowest BCUT2D eigenvalue weighted by Gasteiger charge is -2.18. The molecule has 0 saturated carbocycles. The first kappa shape index (κ1) is 27.2. The van der Waals surface area contributed by atoms with Gasteiger partial charge in [-0.1, -0.05) is 53.4 Å². The number of aryl methyl sites for hydroxylation is 4. The van der Waals surface area contributed by atoms with E-state index < -0.39 is 9.84 Å². The van der Waals surface area contributed by atoms with E-state index in [9.17, 15) is 18.6 Å². The van der Waals surface area contributed by atoms with Crippen molar-refractivity contribution < 1.29 is 18.6 Å². The van der Waals surface area contributed by atoms with Crippen LogP contribution in [0.1, 0.15) is 101 Å². The molecular formula is C28H42O4S. The standard InChI is InChI=1S/C28H42O4S/c1-5-9-13-21-19-27(23(15-11-7-3)17-25(21)29)33(31,32)28-20-22(14-10-6-2)26(30)18-24(28)16-12-8-4/h17-20,29-30H,5-16H2,1-4H3. The summed E-state index contributed by atoms with van der Waals surface area (Å²) in [5, 5.41) is 21.2. The van der Waals surface area contributed by atoms with E-state index in [4.69, 9.17) is 0 Å². The van der Waals surface area contributed by atoms with Gasteiger partial charge in [-0.2, -0.15) is 0 Å². The molecule has 0 radical (unpaired) electrons. The molecule has 0 aromatic heterocycles. The first-order chi connectivity index (χ1) is 15.8. The van der Waals surface area contributed by atoms with Gasteiger partial charge in [-0.3, -0.25) is 0 Å². The van der Waals surface area contributed by atoms with Gasteiger partial charge in [0.1, 0.15) is 11.5 Å². The highest BCUT2D eigenvalue weighted by Gasteiger charge is 2.27. The van der Waals surface area contributed by atoms with Gasteiger partial charge in [0.15, 0.2) is 0 Å². The lowest BCUT2D eigenvalue weighted by atomic mass is 10.0. The van der Waals surface area contributed by atoms with Crippen LogP contribution < -0.4 is 0 Å². The number of hydrogen-bond acceptors (Lipinski definition) is 4. The molecule has 0 fully saturated rings. The van der Waals surface area contributed by atoms with Crippen molar-refractivity contribution >= 4 is 9.84 Å². The zero-order chi connectivity index (χ0) is 24.4. The van der Waals surface area contributed by atoms with Gasteiger partial charge in [-0.05, 0) is 97.9 Å². The third-order valence-corrected chi connectivity index (χ3v) is 8.22. The van der Waals surface area contributed by atoms with Gasteiger partial charge in [-0.15, -0.1) is 0 Å². The van der Waals surface area contributed by atoms with Crippen LogP contribution in [0.15, 0.2) is 34.1 Å². The van der Waals surface area contributed by atoms with E-state index in [1.807, 2.05) is 0 Å². The summed E-state index contributed by atoms with van der Waals surface area (Å²) in [4.78, 5) is 0.620. The number of aromatic hydroxyl groups is 2. The molecule has 5 heteroatoms. The number of sulfone groups is 1. The average molecular weight is 475 g/mol. The molecule has 0 aliphatic heterocycles. The van der Waals surface area contributed by atoms with Crippen molar-refractivity contribution in [2.24, 2.45) is 0 Å². The van der Waals surface area contributed by atoms with Crippen LogP contribution in [0.4, 0.5) is 0 Å². The fourth-order valence-corrected chi connectivity index (χ4v) is 6.03. The first-order valence-electron chi connectivity index (χ1n) is 12.7. The van der Waals surface area contributed by atoms with Gasteiger partial charge in [-0.25, -0.2) is 8.42 Å². The summed E-state index contributed by atoms with van der Waals surface area (Å²) in [6.45, 7) is 8.32. The Bertz CT molecular complexity index is 934. The molecule has 0 heterocycles. The topological polar surface area (TPSA) is 74.6 Å². The van der Waals surface area contributed by atoms with E-state index in [0.717, 1.165) is 51.4 Å². The molecule has 2 aromatic rings. The largest absolute Gasteiger partial charge is 0.508 e. The number of benzene rings is 2. The second-order valence-electron chi connectivity index (χ2n) is 9.09. The summed E-state index contributed by atoms with van der Waals surface area (Å²) in [6, 6.07) is 6.73. The smallest absolute Gasteiger partial charge is 0.207 e. The number of hydrogen-bond donors (Lipinski definition) is 2. The predicted octanol–water partition coefficient (Wildman–Crippen LogP) is 7.30. The third-order valence-electron chi connectivity index (χ3n) is 6.30. The summed E-state index contributed by atoms with van der Waals surface area (Å²) in [5.74, 6) is 0.378. The van der Waals surface area contributed by atoms with Gasteiger partial charge >= 0.3 is 0 Å². The zero-order valence-corrected chi connectivity index (χ0v) is 21.7. The molecule has 2 N–H and O–H groups in total. The minimum absolute atomic E-state index is 0.189. The summed E-state index contributed by atoms with van der Waals surface area (Å²) in [5.41, 5.74) is 2.74. The molecular weight excluding hydrogens is 432 g/mol. The Hall–Kier alpha value is -2.01. The fourth-order valence-electron chi connectivity index (χ4n) is 4.19. The zero-order valence-electron chi connectivity index (χ0n) is 20.9. The SMILES string of the molecule is CCCCc1cc(S(=O)(=O)c2cc(CCCC)c(O)cc2CCCC)c(CCCC)cc1O. The van der Waals surface area contributed by atoms with Gasteiger partial charge in [0.2, 0.25) is 9.84 Å². The number of phenols is 2. The third kappa shape index (κ3) is 6.99. The van der Waals surface area contributed by atoms with E-state index in [-0.39, 0.29) is 11.5 Å². The number of phenolic OH excluding ortho intramolecular Hbond substituents is 2. The van der Waals surface area contributed by atoms with E-state index in [2.05, 4.69) is 27.7 Å². The quantitative estimate of drug-likeness (QED) is 0.301. The minimum atomic E-state index is -3.81. The Morgan fingerprint density at radius 2 is 0.848 bits per heavy atom. The van der Waals surface area contributed by atoms with Gasteiger partial charge < -0.3 is 10.2 Å². The average Bonchev–Trinajstić information content (AvgIpc) is 2.79. The van der Waals surface area contributed by atoms with Crippen molar-refractivity contribution in [3.8, 4) is 11.5 Å². The van der Waals surface area contributed by atoms with Crippen molar-refractivity contribution in [2.75, 3.05) is 0 Å². The molecule has 33 heavy (non-hydrogen) atoms. The summed E-state index contributed by atoms with van der Waals surface area (Å²) < 4.78 is 28.2. The molecule has 0 atom stereocenters. The predicted molar refractivity (Wildman–Crippen MR) is 136 cm³/mol. The number of unbranched alkanes of at least 4 members (excludes halogenated alkanes) is 4. The van der Waals surface area contributed by atoms with Crippen LogP contribution in [0.2, 0.25) is 0 Å². The lowest BCUT2D eigenvalue weighted by molar-refractivity contribution is 0.465. The molecule has 0 saturated heterocycles. The van der Waals surface area contributed by atoms with Crippen LogP contribution in [0.25, 0.3) is 0 Å². The Labute approximate surface area is 201 Å². The molecule has 0 unspecified atom stereocenters. The molecule has 2 aromatic carbocycles. The van der Waals surface area contributed by atoms with Crippen LogP contribution in [-0.4, -0.2) is 18.6 Å². The lowest BCUT2D eigenvalue weighted by Crippen LogP contribution is -2.11. The second kappa shape index (κ2) is 13.0. The maximum atomic E-state index is 14.1. The Balaban J connectivity index is 2.71. The van der Waals surface area contributed by atoms with Crippen LogP contribution in [0.3, 0.4) is 0 Å². The highest BCUT2D eigenvalue weighted by Crippen LogP contribution is 2.36. The van der Waals surface area contributed by atoms with Gasteiger partial charge in [0.05, 0.1) is 9.79 Å². The Morgan fingerprint density at radius 3 is 1.15 bits per heavy atom. The van der Waals surface area contributed by atoms with Crippen molar-refractivity contribution in [3.05, 3.63) is 46.5 Å². The molecule has 0 aliphatic carbocycles. The first-order valence-corrected chi connectivity index (χ1v) is 14.2. The van der Waals surface area contributed by atoms with Crippen molar-refractivity contribution in [3.63, 3.8) is 0 Å². The molecule has 4 nitrogen and oxygen atoms in total. The van der Waals surface area contributed by atoms with Crippen molar-refractivity contribution in [1.29, 1.82) is 0 Å². The van der Waals surface area contributed by atoms with E-state index >= 15 is 0 Å². The summed E-state index contributed by atoms with van der Waals surface area (Å²) in [7, 11) is -3.81. The molecule has 184 valence electrons. The van der Waals surface area contributed by atoms with Crippen molar-refractivity contribution in [1.82, 2.24) is 0 Å². The molecule has 0 amide bonds. The minimum Gasteiger partial charge on any atom is -0.508 e. The molecule has 0 spiro atoms. The van der Waals surface area contributed by atoms with Gasteiger partial charge in [0.25, 0.3) is 0 Å². The van der Waals surface area contributed by atoms with Crippen LogP contribution in [-0.2, 0) is 35.5 Å². The van der Waals surface area contributed by atoms with E-state index in [1.54, 1.807) is 24.3 Å².